The molecule has 0 spiro atoms. The van der Waals surface area contributed by atoms with E-state index in [9.17, 15) is 0 Å². The predicted molar refractivity (Wildman–Crippen MR) is 14.9 cm³/mol. The summed E-state index contributed by atoms with van der Waals surface area (Å²) in [7, 11) is 0. The molecule has 48 valence electrons. The topological polar surface area (TPSA) is 71.4 Å². The van der Waals surface area contributed by atoms with E-state index in [1.165, 1.54) is 0 Å². The molecule has 0 rings (SSSR count). The van der Waals surface area contributed by atoms with Crippen molar-refractivity contribution in [2.75, 3.05) is 0 Å². The molecule has 5 heteroatoms. The molecule has 8 heavy (non-hydrogen) atoms. The monoisotopic (exact) mass is 333 g/mol. The number of rotatable bonds is 0. The first-order valence-corrected chi connectivity index (χ1v) is 0.671. The molecular weight excluding hydrogens is 334 g/mol. The fourth-order valence-corrected chi connectivity index (χ4v) is 0. The average Bonchev–Trinajstić information content (AvgIpc) is 1.81. The standard InChI is InChI=1S/3CN.Au.Ni/c3*1-2;;/q3*-1;+3;. The first-order chi connectivity index (χ1) is 3.00. The molecule has 0 aliphatic rings. The van der Waals surface area contributed by atoms with Gasteiger partial charge in [-0.15, -0.1) is 0 Å². The summed E-state index contributed by atoms with van der Waals surface area (Å²) < 4.78 is 0. The number of hydrogen-bond donors (Lipinski definition) is 0. The Morgan fingerprint density at radius 2 is 0.625 bits per heavy atom. The van der Waals surface area contributed by atoms with Crippen LogP contribution in [0.3, 0.4) is 0 Å². The van der Waals surface area contributed by atoms with Crippen LogP contribution in [-0.4, -0.2) is 0 Å². The Morgan fingerprint density at radius 3 is 0.625 bits per heavy atom. The maximum atomic E-state index is 6.25. The van der Waals surface area contributed by atoms with Crippen LogP contribution in [-0.2, 0) is 38.9 Å². The second kappa shape index (κ2) is 2490. The predicted octanol–water partition coefficient (Wildman–Crippen LogP) is 0.284. The largest absolute Gasteiger partial charge is 3.00 e. The zero-order valence-corrected chi connectivity index (χ0v) is 6.61. The molecule has 0 amide bonds. The van der Waals surface area contributed by atoms with Crippen LogP contribution in [0.5, 0.6) is 0 Å². The average molecular weight is 334 g/mol. The molecule has 0 aromatic rings. The van der Waals surface area contributed by atoms with Crippen LogP contribution in [0.25, 0.3) is 0 Å². The smallest absolute Gasteiger partial charge is 0.512 e. The molecule has 0 saturated heterocycles. The van der Waals surface area contributed by atoms with Crippen molar-refractivity contribution in [3.05, 3.63) is 19.7 Å². The molecule has 0 atom stereocenters. The maximum absolute atomic E-state index is 6.25. The first kappa shape index (κ1) is 47.4. The van der Waals surface area contributed by atoms with E-state index in [0.717, 1.165) is 0 Å². The van der Waals surface area contributed by atoms with Gasteiger partial charge in [-0.25, -0.2) is 0 Å². The molecular formula is C3AuN3Ni. The van der Waals surface area contributed by atoms with Crippen LogP contribution >= 0.6 is 0 Å². The van der Waals surface area contributed by atoms with Crippen molar-refractivity contribution in [1.29, 1.82) is 15.8 Å². The van der Waals surface area contributed by atoms with Gasteiger partial charge < -0.3 is 35.5 Å². The molecule has 3 nitrogen and oxygen atoms in total. The van der Waals surface area contributed by atoms with Gasteiger partial charge in [-0.1, -0.05) is 0 Å². The third-order valence-corrected chi connectivity index (χ3v) is 0. The van der Waals surface area contributed by atoms with Crippen LogP contribution in [0.15, 0.2) is 0 Å². The molecule has 0 N–H and O–H groups in total. The zero-order chi connectivity index (χ0) is 6.00. The van der Waals surface area contributed by atoms with E-state index in [2.05, 4.69) is 0 Å². The summed E-state index contributed by atoms with van der Waals surface area (Å²) in [6, 6.07) is 0. The second-order valence-corrected chi connectivity index (χ2v) is 0. The Balaban J connectivity index is -0.00000000500. The van der Waals surface area contributed by atoms with Crippen molar-refractivity contribution in [2.45, 2.75) is 0 Å². The van der Waals surface area contributed by atoms with Gasteiger partial charge >= 0.3 is 22.4 Å². The Morgan fingerprint density at radius 1 is 0.625 bits per heavy atom. The summed E-state index contributed by atoms with van der Waals surface area (Å²) in [5.74, 6) is 0. The van der Waals surface area contributed by atoms with E-state index < -0.39 is 0 Å². The van der Waals surface area contributed by atoms with E-state index in [4.69, 9.17) is 35.5 Å². The van der Waals surface area contributed by atoms with Crippen molar-refractivity contribution in [1.82, 2.24) is 0 Å². The van der Waals surface area contributed by atoms with E-state index in [-0.39, 0.29) is 38.9 Å². The minimum atomic E-state index is 0. The molecule has 0 radical (unpaired) electrons. The van der Waals surface area contributed by atoms with E-state index in [1.807, 2.05) is 0 Å². The molecule has 0 aliphatic heterocycles. The van der Waals surface area contributed by atoms with Gasteiger partial charge in [-0.2, -0.15) is 0 Å². The third-order valence-electron chi connectivity index (χ3n) is 0. The number of nitrogens with zero attached hydrogens (tertiary/aromatic N) is 3. The van der Waals surface area contributed by atoms with Crippen molar-refractivity contribution in [2.24, 2.45) is 0 Å². The quantitative estimate of drug-likeness (QED) is 0.472. The maximum Gasteiger partial charge on any atom is 3.00 e. The SMILES string of the molecule is [Au+3].[C-]#N.[C-]#N.[C-]#N.[Ni]. The summed E-state index contributed by atoms with van der Waals surface area (Å²) >= 11 is 0. The van der Waals surface area contributed by atoms with Gasteiger partial charge in [0, 0.05) is 16.5 Å². The minimum Gasteiger partial charge on any atom is -0.512 e. The summed E-state index contributed by atoms with van der Waals surface area (Å²) in [5, 5.41) is 18.8. The van der Waals surface area contributed by atoms with Crippen LogP contribution in [0, 0.1) is 35.5 Å². The molecule has 0 aromatic carbocycles. The molecule has 0 heterocycles. The van der Waals surface area contributed by atoms with Crippen LogP contribution < -0.4 is 0 Å². The van der Waals surface area contributed by atoms with Gasteiger partial charge in [0.25, 0.3) is 0 Å². The van der Waals surface area contributed by atoms with E-state index in [0.29, 0.717) is 0 Å². The fraction of sp³-hybridized carbons (Fsp3) is 0. The van der Waals surface area contributed by atoms with Crippen molar-refractivity contribution >= 4 is 0 Å². The van der Waals surface area contributed by atoms with Crippen LogP contribution in [0.4, 0.5) is 0 Å². The normalized spacial score (nSPS) is 0.750. The fourth-order valence-electron chi connectivity index (χ4n) is 0. The molecule has 0 unspecified atom stereocenters. The van der Waals surface area contributed by atoms with Crippen LogP contribution in [0.1, 0.15) is 0 Å². The summed E-state index contributed by atoms with van der Waals surface area (Å²) in [6.45, 7) is 14.2. The Kier molecular flexibility index (Phi) is 14700. The summed E-state index contributed by atoms with van der Waals surface area (Å²) in [6.07, 6.45) is 0. The van der Waals surface area contributed by atoms with Crippen LogP contribution in [0.2, 0.25) is 0 Å². The van der Waals surface area contributed by atoms with Gasteiger partial charge in [-0.05, 0) is 0 Å². The van der Waals surface area contributed by atoms with Gasteiger partial charge in [0.1, 0.15) is 0 Å². The van der Waals surface area contributed by atoms with Gasteiger partial charge in [0.15, 0.2) is 0 Å². The van der Waals surface area contributed by atoms with Crippen molar-refractivity contribution in [3.63, 3.8) is 0 Å². The Labute approximate surface area is 74.3 Å². The first-order valence-electron chi connectivity index (χ1n) is 0.671. The summed E-state index contributed by atoms with van der Waals surface area (Å²) in [4.78, 5) is 0. The molecule has 0 bridgehead atoms. The van der Waals surface area contributed by atoms with Gasteiger partial charge in [0.05, 0.1) is 0 Å². The summed E-state index contributed by atoms with van der Waals surface area (Å²) in [5.41, 5.74) is 0. The van der Waals surface area contributed by atoms with Crippen molar-refractivity contribution < 1.29 is 38.9 Å². The molecule has 0 aromatic heterocycles. The molecule has 0 saturated carbocycles. The Bertz CT molecular complexity index is 43.0. The molecule has 0 fully saturated rings. The zero-order valence-electron chi connectivity index (χ0n) is 3.46. The number of hydrogen-bond acceptors (Lipinski definition) is 3. The van der Waals surface area contributed by atoms with Crippen molar-refractivity contribution in [3.8, 4) is 0 Å². The van der Waals surface area contributed by atoms with E-state index >= 15 is 0 Å². The van der Waals surface area contributed by atoms with Gasteiger partial charge in [0.2, 0.25) is 0 Å². The molecule has 0 aliphatic carbocycles. The van der Waals surface area contributed by atoms with Gasteiger partial charge in [-0.3, -0.25) is 0 Å². The second-order valence-electron chi connectivity index (χ2n) is 0. The van der Waals surface area contributed by atoms with E-state index in [1.54, 1.807) is 0 Å². The third kappa shape index (κ3) is 1440. The Hall–Kier alpha value is -0.296. The minimum absolute atomic E-state index is 0.